The Hall–Kier alpha value is -1.64. The minimum atomic E-state index is -0.501. The fourth-order valence-electron chi connectivity index (χ4n) is 1.44. The molecule has 0 aliphatic heterocycles. The zero-order valence-electron chi connectivity index (χ0n) is 9.16. The van der Waals surface area contributed by atoms with Crippen LogP contribution in [0.1, 0.15) is 27.9 Å². The molecule has 0 radical (unpaired) electrons. The van der Waals surface area contributed by atoms with Crippen LogP contribution in [-0.4, -0.2) is 18.9 Å². The highest BCUT2D eigenvalue weighted by Gasteiger charge is 2.12. The van der Waals surface area contributed by atoms with E-state index in [1.54, 1.807) is 12.1 Å². The molecule has 0 heterocycles. The van der Waals surface area contributed by atoms with Crippen LogP contribution in [0.25, 0.3) is 0 Å². The van der Waals surface area contributed by atoms with E-state index < -0.39 is 5.97 Å². The summed E-state index contributed by atoms with van der Waals surface area (Å²) in [6.45, 7) is 3.84. The third kappa shape index (κ3) is 3.20. The second-order valence-electron chi connectivity index (χ2n) is 3.55. The highest BCUT2D eigenvalue weighted by Crippen LogP contribution is 2.11. The molecule has 0 spiro atoms. The monoisotopic (exact) mass is 206 g/mol. The van der Waals surface area contributed by atoms with E-state index in [0.29, 0.717) is 5.56 Å². The van der Waals surface area contributed by atoms with Gasteiger partial charge in [0.15, 0.2) is 5.78 Å². The van der Waals surface area contributed by atoms with E-state index >= 15 is 0 Å². The molecule has 0 N–H and O–H groups in total. The van der Waals surface area contributed by atoms with Gasteiger partial charge in [-0.05, 0) is 26.0 Å². The van der Waals surface area contributed by atoms with Crippen molar-refractivity contribution >= 4 is 11.8 Å². The SMILES string of the molecule is COC(=O)CC(=O)c1cc(C)cc(C)c1. The molecule has 0 fully saturated rings. The van der Waals surface area contributed by atoms with Crippen LogP contribution >= 0.6 is 0 Å². The molecule has 0 aromatic heterocycles. The molecule has 0 aliphatic carbocycles. The number of hydrogen-bond acceptors (Lipinski definition) is 3. The van der Waals surface area contributed by atoms with Crippen molar-refractivity contribution in [2.75, 3.05) is 7.11 Å². The smallest absolute Gasteiger partial charge is 0.313 e. The van der Waals surface area contributed by atoms with E-state index in [2.05, 4.69) is 4.74 Å². The maximum atomic E-state index is 11.6. The number of methoxy groups -OCH3 is 1. The van der Waals surface area contributed by atoms with E-state index in [-0.39, 0.29) is 12.2 Å². The molecule has 15 heavy (non-hydrogen) atoms. The summed E-state index contributed by atoms with van der Waals surface area (Å²) in [4.78, 5) is 22.5. The largest absolute Gasteiger partial charge is 0.469 e. The minimum absolute atomic E-state index is 0.195. The lowest BCUT2D eigenvalue weighted by atomic mass is 10.0. The molecule has 1 rings (SSSR count). The van der Waals surface area contributed by atoms with Crippen LogP contribution in [0.2, 0.25) is 0 Å². The van der Waals surface area contributed by atoms with Gasteiger partial charge in [0.2, 0.25) is 0 Å². The van der Waals surface area contributed by atoms with E-state index in [1.807, 2.05) is 19.9 Å². The molecular formula is C12H14O3. The van der Waals surface area contributed by atoms with Gasteiger partial charge in [0, 0.05) is 5.56 Å². The highest BCUT2D eigenvalue weighted by atomic mass is 16.5. The van der Waals surface area contributed by atoms with Crippen molar-refractivity contribution in [3.8, 4) is 0 Å². The number of esters is 1. The third-order valence-corrected chi connectivity index (χ3v) is 2.08. The topological polar surface area (TPSA) is 43.4 Å². The number of ketones is 1. The van der Waals surface area contributed by atoms with Gasteiger partial charge < -0.3 is 4.74 Å². The first-order chi connectivity index (χ1) is 7.02. The molecule has 0 atom stereocenters. The van der Waals surface area contributed by atoms with Gasteiger partial charge in [0.1, 0.15) is 6.42 Å². The third-order valence-electron chi connectivity index (χ3n) is 2.08. The number of hydrogen-bond donors (Lipinski definition) is 0. The van der Waals surface area contributed by atoms with Crippen molar-refractivity contribution in [2.45, 2.75) is 20.3 Å². The Morgan fingerprint density at radius 2 is 1.67 bits per heavy atom. The van der Waals surface area contributed by atoms with E-state index in [0.717, 1.165) is 11.1 Å². The van der Waals surface area contributed by atoms with Gasteiger partial charge in [0.25, 0.3) is 0 Å². The Balaban J connectivity index is 2.86. The number of carbonyl (C=O) groups is 2. The van der Waals surface area contributed by atoms with Gasteiger partial charge in [0.05, 0.1) is 7.11 Å². The van der Waals surface area contributed by atoms with Crippen molar-refractivity contribution < 1.29 is 14.3 Å². The van der Waals surface area contributed by atoms with Crippen LogP contribution in [0.15, 0.2) is 18.2 Å². The van der Waals surface area contributed by atoms with E-state index in [1.165, 1.54) is 7.11 Å². The lowest BCUT2D eigenvalue weighted by Gasteiger charge is -2.03. The van der Waals surface area contributed by atoms with Crippen molar-refractivity contribution in [3.05, 3.63) is 34.9 Å². The van der Waals surface area contributed by atoms with Crippen molar-refractivity contribution in [1.82, 2.24) is 0 Å². The molecule has 0 amide bonds. The van der Waals surface area contributed by atoms with Crippen molar-refractivity contribution in [3.63, 3.8) is 0 Å². The van der Waals surface area contributed by atoms with E-state index in [9.17, 15) is 9.59 Å². The van der Waals surface area contributed by atoms with Crippen LogP contribution in [0.3, 0.4) is 0 Å². The van der Waals surface area contributed by atoms with Gasteiger partial charge in [-0.15, -0.1) is 0 Å². The standard InChI is InChI=1S/C12H14O3/c1-8-4-9(2)6-10(5-8)11(13)7-12(14)15-3/h4-6H,7H2,1-3H3. The number of carbonyl (C=O) groups excluding carboxylic acids is 2. The maximum Gasteiger partial charge on any atom is 0.313 e. The first-order valence-electron chi connectivity index (χ1n) is 4.71. The molecule has 0 bridgehead atoms. The average molecular weight is 206 g/mol. The zero-order chi connectivity index (χ0) is 11.4. The molecule has 0 saturated heterocycles. The molecule has 1 aromatic rings. The summed E-state index contributed by atoms with van der Waals surface area (Å²) in [7, 11) is 1.27. The summed E-state index contributed by atoms with van der Waals surface area (Å²) in [6.07, 6.45) is -0.195. The number of benzene rings is 1. The number of ether oxygens (including phenoxy) is 1. The minimum Gasteiger partial charge on any atom is -0.469 e. The summed E-state index contributed by atoms with van der Waals surface area (Å²) >= 11 is 0. The second-order valence-corrected chi connectivity index (χ2v) is 3.55. The molecule has 0 unspecified atom stereocenters. The van der Waals surface area contributed by atoms with Crippen LogP contribution in [0.4, 0.5) is 0 Å². The van der Waals surface area contributed by atoms with Crippen LogP contribution in [0.5, 0.6) is 0 Å². The zero-order valence-corrected chi connectivity index (χ0v) is 9.16. The molecule has 3 nitrogen and oxygen atoms in total. The Kier molecular flexibility index (Phi) is 3.61. The maximum absolute atomic E-state index is 11.6. The predicted molar refractivity (Wildman–Crippen MR) is 56.9 cm³/mol. The average Bonchev–Trinajstić information content (AvgIpc) is 2.16. The summed E-state index contributed by atoms with van der Waals surface area (Å²) in [6, 6.07) is 5.53. The Labute approximate surface area is 89.1 Å². The normalized spacial score (nSPS) is 9.80. The Bertz CT molecular complexity index is 374. The van der Waals surface area contributed by atoms with Gasteiger partial charge in [-0.25, -0.2) is 0 Å². The van der Waals surface area contributed by atoms with Gasteiger partial charge in [-0.2, -0.15) is 0 Å². The molecule has 1 aromatic carbocycles. The first-order valence-corrected chi connectivity index (χ1v) is 4.71. The van der Waals surface area contributed by atoms with Crippen LogP contribution in [0, 0.1) is 13.8 Å². The Morgan fingerprint density at radius 3 is 2.13 bits per heavy atom. The molecule has 0 aliphatic rings. The van der Waals surface area contributed by atoms with Gasteiger partial charge in [-0.1, -0.05) is 17.2 Å². The number of aryl methyl sites for hydroxylation is 2. The number of rotatable bonds is 3. The molecule has 80 valence electrons. The van der Waals surface area contributed by atoms with Crippen molar-refractivity contribution in [1.29, 1.82) is 0 Å². The molecular weight excluding hydrogens is 192 g/mol. The predicted octanol–water partition coefficient (Wildman–Crippen LogP) is 2.05. The van der Waals surface area contributed by atoms with Crippen molar-refractivity contribution in [2.24, 2.45) is 0 Å². The first kappa shape index (κ1) is 11.4. The van der Waals surface area contributed by atoms with Gasteiger partial charge in [-0.3, -0.25) is 9.59 Å². The quantitative estimate of drug-likeness (QED) is 0.432. The fourth-order valence-corrected chi connectivity index (χ4v) is 1.44. The summed E-state index contributed by atoms with van der Waals surface area (Å²) in [5.74, 6) is -0.701. The fraction of sp³-hybridized carbons (Fsp3) is 0.333. The molecule has 0 saturated carbocycles. The Morgan fingerprint density at radius 1 is 1.13 bits per heavy atom. The lowest BCUT2D eigenvalue weighted by Crippen LogP contribution is -2.09. The van der Waals surface area contributed by atoms with Gasteiger partial charge >= 0.3 is 5.97 Å². The highest BCUT2D eigenvalue weighted by molar-refractivity contribution is 6.06. The summed E-state index contributed by atoms with van der Waals surface area (Å²) < 4.78 is 4.44. The molecule has 3 heteroatoms. The van der Waals surface area contributed by atoms with E-state index in [4.69, 9.17) is 0 Å². The van der Waals surface area contributed by atoms with Crippen LogP contribution < -0.4 is 0 Å². The summed E-state index contributed by atoms with van der Waals surface area (Å²) in [5.41, 5.74) is 2.60. The number of Topliss-reactive ketones (excluding diaryl/α,β-unsaturated/α-hetero) is 1. The van der Waals surface area contributed by atoms with Crippen LogP contribution in [-0.2, 0) is 9.53 Å². The lowest BCUT2D eigenvalue weighted by molar-refractivity contribution is -0.139. The summed E-state index contributed by atoms with van der Waals surface area (Å²) in [5, 5.41) is 0. The second kappa shape index (κ2) is 4.73.